The predicted octanol–water partition coefficient (Wildman–Crippen LogP) is 4.36. The van der Waals surface area contributed by atoms with Crippen LogP contribution in [0.25, 0.3) is 0 Å². The average Bonchev–Trinajstić information content (AvgIpc) is 3.22. The molecule has 8 heteroatoms. The zero-order chi connectivity index (χ0) is 27.5. The van der Waals surface area contributed by atoms with Crippen LogP contribution in [0.3, 0.4) is 0 Å². The van der Waals surface area contributed by atoms with Crippen molar-refractivity contribution in [2.75, 3.05) is 18.9 Å². The number of aliphatic hydroxyl groups excluding tert-OH is 3. The maximum atomic E-state index is 12.3. The predicted molar refractivity (Wildman–Crippen MR) is 147 cm³/mol. The fourth-order valence-corrected chi connectivity index (χ4v) is 12.2. The fraction of sp³-hybridized carbons (Fsp3) is 1.00. The minimum Gasteiger partial charge on any atom is -0.393 e. The lowest BCUT2D eigenvalue weighted by Gasteiger charge is -2.64. The molecule has 1 aliphatic heterocycles. The van der Waals surface area contributed by atoms with Crippen molar-refractivity contribution in [1.29, 1.82) is 0 Å². The molecule has 3 N–H and O–H groups in total. The van der Waals surface area contributed by atoms with E-state index in [0.717, 1.165) is 49.3 Å². The van der Waals surface area contributed by atoms with Crippen LogP contribution >= 0.6 is 0 Å². The topological polar surface area (TPSA) is 107 Å². The van der Waals surface area contributed by atoms with Gasteiger partial charge in [0.05, 0.1) is 24.6 Å². The van der Waals surface area contributed by atoms with E-state index in [0.29, 0.717) is 55.1 Å². The van der Waals surface area contributed by atoms with Crippen LogP contribution in [-0.2, 0) is 14.8 Å². The molecule has 0 aromatic carbocycles. The Morgan fingerprint density at radius 2 is 1.71 bits per heavy atom. The van der Waals surface area contributed by atoms with Crippen molar-refractivity contribution < 1.29 is 28.5 Å². The highest BCUT2D eigenvalue weighted by molar-refractivity contribution is 7.89. The molecule has 38 heavy (non-hydrogen) atoms. The average molecular weight is 556 g/mol. The number of ether oxygens (including phenoxy) is 1. The molecule has 0 aromatic heterocycles. The monoisotopic (exact) mass is 555 g/mol. The van der Waals surface area contributed by atoms with Gasteiger partial charge < -0.3 is 20.1 Å². The molecular weight excluding hydrogens is 502 g/mol. The minimum absolute atomic E-state index is 0.0823. The lowest BCUT2D eigenvalue weighted by atomic mass is 9.41. The number of rotatable bonds is 7. The van der Waals surface area contributed by atoms with Crippen molar-refractivity contribution in [2.45, 2.75) is 117 Å². The van der Waals surface area contributed by atoms with E-state index in [4.69, 9.17) is 4.74 Å². The molecule has 4 saturated carbocycles. The fourth-order valence-electron chi connectivity index (χ4n) is 10.6. The first-order valence-corrected chi connectivity index (χ1v) is 17.2. The van der Waals surface area contributed by atoms with E-state index in [9.17, 15) is 23.7 Å². The second-order valence-electron chi connectivity index (χ2n) is 14.2. The van der Waals surface area contributed by atoms with Crippen LogP contribution in [0, 0.1) is 52.3 Å². The van der Waals surface area contributed by atoms with Crippen molar-refractivity contribution in [3.8, 4) is 0 Å². The smallest absolute Gasteiger partial charge is 0.229 e. The summed E-state index contributed by atoms with van der Waals surface area (Å²) in [6, 6.07) is 0. The lowest BCUT2D eigenvalue weighted by Crippen LogP contribution is -2.62. The molecule has 12 atom stereocenters. The highest BCUT2D eigenvalue weighted by Gasteiger charge is 2.64. The molecular formula is C30H53NO6S. The van der Waals surface area contributed by atoms with Crippen molar-refractivity contribution in [3.05, 3.63) is 0 Å². The molecule has 7 nitrogen and oxygen atoms in total. The van der Waals surface area contributed by atoms with E-state index in [2.05, 4.69) is 27.7 Å². The van der Waals surface area contributed by atoms with E-state index >= 15 is 0 Å². The molecule has 1 saturated heterocycles. The van der Waals surface area contributed by atoms with Gasteiger partial charge in [-0.3, -0.25) is 0 Å². The third kappa shape index (κ3) is 4.81. The molecule has 0 amide bonds. The second-order valence-corrected chi connectivity index (χ2v) is 16.3. The van der Waals surface area contributed by atoms with Crippen LogP contribution in [0.15, 0.2) is 0 Å². The second kappa shape index (κ2) is 10.9. The van der Waals surface area contributed by atoms with Crippen LogP contribution in [-0.4, -0.2) is 65.6 Å². The summed E-state index contributed by atoms with van der Waals surface area (Å²) in [6.45, 7) is 10.2. The van der Waals surface area contributed by atoms with Gasteiger partial charge in [0.25, 0.3) is 0 Å². The minimum atomic E-state index is -3.43. The van der Waals surface area contributed by atoms with Gasteiger partial charge in [-0.1, -0.05) is 34.1 Å². The summed E-state index contributed by atoms with van der Waals surface area (Å²) >= 11 is 0. The van der Waals surface area contributed by atoms with Crippen LogP contribution in [0.4, 0.5) is 0 Å². The molecule has 1 heterocycles. The van der Waals surface area contributed by atoms with E-state index in [1.807, 2.05) is 0 Å². The first-order chi connectivity index (χ1) is 17.9. The normalized spacial score (nSPS) is 48.5. The number of sulfonamides is 1. The summed E-state index contributed by atoms with van der Waals surface area (Å²) in [5.41, 5.74) is 0.402. The van der Waals surface area contributed by atoms with E-state index < -0.39 is 16.4 Å². The Labute approximate surface area is 230 Å². The number of hydrogen-bond acceptors (Lipinski definition) is 6. The Bertz CT molecular complexity index is 945. The van der Waals surface area contributed by atoms with Gasteiger partial charge in [-0.25, -0.2) is 8.42 Å². The first kappa shape index (κ1) is 29.2. The molecule has 0 aromatic rings. The van der Waals surface area contributed by atoms with E-state index in [1.165, 1.54) is 19.3 Å². The van der Waals surface area contributed by atoms with Gasteiger partial charge in [0, 0.05) is 6.54 Å². The number of fused-ring (bicyclic) bond motifs is 5. The molecule has 0 bridgehead atoms. The molecule has 5 rings (SSSR count). The van der Waals surface area contributed by atoms with Crippen molar-refractivity contribution in [1.82, 2.24) is 4.31 Å². The van der Waals surface area contributed by atoms with E-state index in [1.54, 1.807) is 0 Å². The van der Waals surface area contributed by atoms with Gasteiger partial charge in [-0.05, 0) is 116 Å². The van der Waals surface area contributed by atoms with E-state index in [-0.39, 0.29) is 34.7 Å². The molecule has 0 radical (unpaired) electrons. The highest BCUT2D eigenvalue weighted by atomic mass is 32.2. The zero-order valence-corrected chi connectivity index (χ0v) is 24.9. The van der Waals surface area contributed by atoms with Gasteiger partial charge in [-0.2, -0.15) is 4.31 Å². The summed E-state index contributed by atoms with van der Waals surface area (Å²) in [4.78, 5) is 0. The largest absolute Gasteiger partial charge is 0.393 e. The van der Waals surface area contributed by atoms with Gasteiger partial charge in [0.1, 0.15) is 0 Å². The SMILES string of the molecule is CC[C@H]1[C@@H](O)C2C(CCC3(C)[C@@H]([C@H](C)CCOC(O)N4CCCCS4(=O)=O)CC[C@@H]23)[C@@]2(C)CC[C@@H](O)C[C@@H]12. The van der Waals surface area contributed by atoms with Crippen molar-refractivity contribution in [3.63, 3.8) is 0 Å². The Hall–Kier alpha value is -0.250. The lowest BCUT2D eigenvalue weighted by molar-refractivity contribution is -0.204. The molecule has 5 fully saturated rings. The molecule has 220 valence electrons. The van der Waals surface area contributed by atoms with Gasteiger partial charge in [-0.15, -0.1) is 0 Å². The summed E-state index contributed by atoms with van der Waals surface area (Å²) < 4.78 is 31.4. The molecule has 4 aliphatic carbocycles. The summed E-state index contributed by atoms with van der Waals surface area (Å²) in [5.74, 6) is 3.12. The summed E-state index contributed by atoms with van der Waals surface area (Å²) in [6.07, 6.45) is 8.80. The molecule has 4 unspecified atom stereocenters. The Kier molecular flexibility index (Phi) is 8.36. The quantitative estimate of drug-likeness (QED) is 0.403. The van der Waals surface area contributed by atoms with Gasteiger partial charge in [0.2, 0.25) is 16.4 Å². The number of nitrogens with zero attached hydrogens (tertiary/aromatic N) is 1. The zero-order valence-electron chi connectivity index (χ0n) is 24.1. The number of hydrogen-bond donors (Lipinski definition) is 3. The number of aliphatic hydroxyl groups is 3. The Morgan fingerprint density at radius 3 is 2.42 bits per heavy atom. The van der Waals surface area contributed by atoms with Gasteiger partial charge >= 0.3 is 0 Å². The first-order valence-electron chi connectivity index (χ1n) is 15.6. The van der Waals surface area contributed by atoms with Crippen molar-refractivity contribution >= 4 is 10.0 Å². The van der Waals surface area contributed by atoms with Crippen LogP contribution < -0.4 is 0 Å². The summed E-state index contributed by atoms with van der Waals surface area (Å²) in [7, 11) is -3.43. The molecule has 0 spiro atoms. The third-order valence-electron chi connectivity index (χ3n) is 12.6. The van der Waals surface area contributed by atoms with Crippen molar-refractivity contribution in [2.24, 2.45) is 52.3 Å². The van der Waals surface area contributed by atoms with Crippen LogP contribution in [0.2, 0.25) is 0 Å². The van der Waals surface area contributed by atoms with Gasteiger partial charge in [0.15, 0.2) is 0 Å². The Morgan fingerprint density at radius 1 is 1.00 bits per heavy atom. The third-order valence-corrected chi connectivity index (χ3v) is 14.5. The maximum absolute atomic E-state index is 12.3. The molecule has 5 aliphatic rings. The standard InChI is InChI=1S/C30H53NO6S/c1-5-21-25-18-20(32)10-13-30(25,4)24-11-14-29(3)22(8-9-23(29)26(24)27(21)33)19(2)12-16-37-28(34)31-15-6-7-17-38(31,35)36/h19-28,32-34H,5-18H2,1-4H3/t19-,20-,21-,22-,23+,24?,25+,26?,27-,28?,29?,30-/m1/s1. The summed E-state index contributed by atoms with van der Waals surface area (Å²) in [5, 5.41) is 32.8. The maximum Gasteiger partial charge on any atom is 0.229 e. The van der Waals surface area contributed by atoms with Crippen LogP contribution in [0.5, 0.6) is 0 Å². The Balaban J connectivity index is 1.26. The highest BCUT2D eigenvalue weighted by Crippen LogP contribution is 2.69. The van der Waals surface area contributed by atoms with Crippen LogP contribution in [0.1, 0.15) is 98.3 Å².